The van der Waals surface area contributed by atoms with Crippen LogP contribution >= 0.6 is 11.3 Å². The molecule has 0 aliphatic heterocycles. The molecule has 0 unspecified atom stereocenters. The van der Waals surface area contributed by atoms with Gasteiger partial charge in [-0.3, -0.25) is 10.1 Å². The van der Waals surface area contributed by atoms with Crippen LogP contribution in [0.1, 0.15) is 24.2 Å². The fourth-order valence-electron chi connectivity index (χ4n) is 2.80. The molecule has 1 N–H and O–H groups in total. The predicted molar refractivity (Wildman–Crippen MR) is 112 cm³/mol. The van der Waals surface area contributed by atoms with Gasteiger partial charge in [0.15, 0.2) is 16.8 Å². The van der Waals surface area contributed by atoms with Gasteiger partial charge in [0, 0.05) is 29.6 Å². The van der Waals surface area contributed by atoms with E-state index in [2.05, 4.69) is 10.3 Å². The van der Waals surface area contributed by atoms with Crippen molar-refractivity contribution in [3.05, 3.63) is 65.0 Å². The van der Waals surface area contributed by atoms with Crippen LogP contribution in [-0.2, 0) is 10.0 Å². The normalized spacial score (nSPS) is 11.6. The van der Waals surface area contributed by atoms with Crippen molar-refractivity contribution in [3.8, 4) is 11.3 Å². The Morgan fingerprint density at radius 1 is 1.10 bits per heavy atom. The average Bonchev–Trinajstić information content (AvgIpc) is 3.19. The Morgan fingerprint density at radius 3 is 2.50 bits per heavy atom. The van der Waals surface area contributed by atoms with Crippen LogP contribution in [0.4, 0.5) is 13.9 Å². The summed E-state index contributed by atoms with van der Waals surface area (Å²) in [6.07, 6.45) is 0. The molecule has 0 saturated carbocycles. The summed E-state index contributed by atoms with van der Waals surface area (Å²) in [5, 5.41) is 4.45. The zero-order chi connectivity index (χ0) is 21.9. The number of rotatable bonds is 7. The molecule has 0 spiro atoms. The smallest absolute Gasteiger partial charge is 0.257 e. The maximum Gasteiger partial charge on any atom is 0.257 e. The van der Waals surface area contributed by atoms with Gasteiger partial charge in [0.05, 0.1) is 10.6 Å². The lowest BCUT2D eigenvalue weighted by Crippen LogP contribution is -2.30. The molecular weight excluding hydrogens is 432 g/mol. The third-order valence-electron chi connectivity index (χ3n) is 4.38. The monoisotopic (exact) mass is 451 g/mol. The van der Waals surface area contributed by atoms with Gasteiger partial charge in [0.25, 0.3) is 5.91 Å². The molecule has 1 aromatic heterocycles. The Kier molecular flexibility index (Phi) is 6.59. The molecule has 0 aliphatic carbocycles. The Bertz CT molecular complexity index is 1180. The van der Waals surface area contributed by atoms with E-state index in [1.807, 2.05) is 0 Å². The number of aromatic nitrogens is 1. The second-order valence-corrected chi connectivity index (χ2v) is 9.03. The average molecular weight is 452 g/mol. The molecule has 30 heavy (non-hydrogen) atoms. The minimum Gasteiger partial charge on any atom is -0.298 e. The molecule has 1 amide bonds. The van der Waals surface area contributed by atoms with E-state index >= 15 is 0 Å². The van der Waals surface area contributed by atoms with Crippen LogP contribution in [0.15, 0.2) is 52.7 Å². The van der Waals surface area contributed by atoms with E-state index < -0.39 is 27.6 Å². The lowest BCUT2D eigenvalue weighted by atomic mass is 10.2. The Labute approximate surface area is 177 Å². The summed E-state index contributed by atoms with van der Waals surface area (Å²) in [5.41, 5.74) is 0.915. The summed E-state index contributed by atoms with van der Waals surface area (Å²) in [7, 11) is -3.70. The summed E-state index contributed by atoms with van der Waals surface area (Å²) in [6.45, 7) is 4.12. The number of halogens is 2. The second-order valence-electron chi connectivity index (χ2n) is 6.24. The number of thiazole rings is 1. The molecule has 0 fully saturated rings. The Balaban J connectivity index is 1.80. The predicted octanol–water partition coefficient (Wildman–Crippen LogP) is 4.37. The minimum atomic E-state index is -3.70. The van der Waals surface area contributed by atoms with Crippen LogP contribution in [0.3, 0.4) is 0 Å². The summed E-state index contributed by atoms with van der Waals surface area (Å²) in [5.74, 6) is -2.47. The highest BCUT2D eigenvalue weighted by molar-refractivity contribution is 7.89. The highest BCUT2D eigenvalue weighted by atomic mass is 32.2. The van der Waals surface area contributed by atoms with Crippen LogP contribution < -0.4 is 5.32 Å². The standard InChI is InChI=1S/C20H19F2N3O3S2/c1-3-25(4-2)30(27,28)15-7-5-6-14(10-15)19(26)24-20-23-18(12-29-20)13-8-9-16(21)17(22)11-13/h5-12H,3-4H2,1-2H3,(H,23,24,26). The van der Waals surface area contributed by atoms with Crippen molar-refractivity contribution in [2.24, 2.45) is 0 Å². The number of hydrogen-bond acceptors (Lipinski definition) is 5. The van der Waals surface area contributed by atoms with E-state index in [0.717, 1.165) is 23.5 Å². The molecule has 10 heteroatoms. The second kappa shape index (κ2) is 8.99. The first-order valence-corrected chi connectivity index (χ1v) is 11.4. The van der Waals surface area contributed by atoms with Gasteiger partial charge in [-0.25, -0.2) is 22.2 Å². The third-order valence-corrected chi connectivity index (χ3v) is 7.18. The molecule has 0 radical (unpaired) electrons. The van der Waals surface area contributed by atoms with E-state index in [4.69, 9.17) is 0 Å². The lowest BCUT2D eigenvalue weighted by molar-refractivity contribution is 0.102. The fraction of sp³-hybridized carbons (Fsp3) is 0.200. The number of nitrogens with zero attached hydrogens (tertiary/aromatic N) is 2. The van der Waals surface area contributed by atoms with Crippen LogP contribution in [0.2, 0.25) is 0 Å². The van der Waals surface area contributed by atoms with Crippen molar-refractivity contribution >= 4 is 32.4 Å². The van der Waals surface area contributed by atoms with Gasteiger partial charge in [0.2, 0.25) is 10.0 Å². The van der Waals surface area contributed by atoms with Gasteiger partial charge in [-0.05, 0) is 36.4 Å². The number of hydrogen-bond donors (Lipinski definition) is 1. The van der Waals surface area contributed by atoms with E-state index in [1.165, 1.54) is 34.6 Å². The maximum atomic E-state index is 13.4. The van der Waals surface area contributed by atoms with E-state index in [1.54, 1.807) is 19.2 Å². The molecule has 0 saturated heterocycles. The quantitative estimate of drug-likeness (QED) is 0.579. The Morgan fingerprint density at radius 2 is 1.83 bits per heavy atom. The van der Waals surface area contributed by atoms with Crippen molar-refractivity contribution in [3.63, 3.8) is 0 Å². The zero-order valence-corrected chi connectivity index (χ0v) is 17.9. The van der Waals surface area contributed by atoms with Crippen molar-refractivity contribution in [1.82, 2.24) is 9.29 Å². The first kappa shape index (κ1) is 22.0. The van der Waals surface area contributed by atoms with Crippen LogP contribution in [0.5, 0.6) is 0 Å². The van der Waals surface area contributed by atoms with E-state index in [9.17, 15) is 22.0 Å². The Hall–Kier alpha value is -2.69. The molecule has 6 nitrogen and oxygen atoms in total. The van der Waals surface area contributed by atoms with Crippen molar-refractivity contribution in [2.75, 3.05) is 18.4 Å². The molecule has 0 bridgehead atoms. The summed E-state index contributed by atoms with van der Waals surface area (Å²) in [4.78, 5) is 16.8. The van der Waals surface area contributed by atoms with Crippen molar-refractivity contribution < 1.29 is 22.0 Å². The SMILES string of the molecule is CCN(CC)S(=O)(=O)c1cccc(C(=O)Nc2nc(-c3ccc(F)c(F)c3)cs2)c1. The number of benzene rings is 2. The van der Waals surface area contributed by atoms with Crippen molar-refractivity contribution in [2.45, 2.75) is 18.7 Å². The summed E-state index contributed by atoms with van der Waals surface area (Å²) in [6, 6.07) is 9.17. The molecule has 0 atom stereocenters. The number of carbonyl (C=O) groups is 1. The van der Waals surface area contributed by atoms with Gasteiger partial charge < -0.3 is 0 Å². The fourth-order valence-corrected chi connectivity index (χ4v) is 5.02. The summed E-state index contributed by atoms with van der Waals surface area (Å²) < 4.78 is 53.2. The van der Waals surface area contributed by atoms with Gasteiger partial charge in [-0.15, -0.1) is 11.3 Å². The van der Waals surface area contributed by atoms with Crippen LogP contribution in [-0.4, -0.2) is 36.7 Å². The molecule has 3 rings (SSSR count). The highest BCUT2D eigenvalue weighted by Gasteiger charge is 2.22. The highest BCUT2D eigenvalue weighted by Crippen LogP contribution is 2.26. The largest absolute Gasteiger partial charge is 0.298 e. The van der Waals surface area contributed by atoms with Gasteiger partial charge in [0.1, 0.15) is 0 Å². The van der Waals surface area contributed by atoms with Gasteiger partial charge in [-0.2, -0.15) is 4.31 Å². The topological polar surface area (TPSA) is 79.4 Å². The number of sulfonamides is 1. The van der Waals surface area contributed by atoms with Crippen LogP contribution in [0, 0.1) is 11.6 Å². The first-order valence-electron chi connectivity index (χ1n) is 9.08. The van der Waals surface area contributed by atoms with E-state index in [0.29, 0.717) is 24.3 Å². The first-order chi connectivity index (χ1) is 14.3. The van der Waals surface area contributed by atoms with Crippen LogP contribution in [0.25, 0.3) is 11.3 Å². The molecular formula is C20H19F2N3O3S2. The zero-order valence-electron chi connectivity index (χ0n) is 16.2. The maximum absolute atomic E-state index is 13.4. The van der Waals surface area contributed by atoms with Gasteiger partial charge in [-0.1, -0.05) is 19.9 Å². The molecule has 158 valence electrons. The lowest BCUT2D eigenvalue weighted by Gasteiger charge is -2.18. The molecule has 0 aliphatic rings. The molecule has 3 aromatic rings. The summed E-state index contributed by atoms with van der Waals surface area (Å²) >= 11 is 1.11. The van der Waals surface area contributed by atoms with Crippen molar-refractivity contribution in [1.29, 1.82) is 0 Å². The number of carbonyl (C=O) groups excluding carboxylic acids is 1. The molecule has 1 heterocycles. The third kappa shape index (κ3) is 4.55. The number of nitrogens with one attached hydrogen (secondary N) is 1. The minimum absolute atomic E-state index is 0.0282. The van der Waals surface area contributed by atoms with E-state index in [-0.39, 0.29) is 15.6 Å². The van der Waals surface area contributed by atoms with Gasteiger partial charge >= 0.3 is 0 Å². The number of amides is 1. The molecule has 2 aromatic carbocycles. The number of anilines is 1.